The van der Waals surface area contributed by atoms with Crippen LogP contribution in [0.3, 0.4) is 0 Å². The molecule has 0 saturated heterocycles. The minimum absolute atomic E-state index is 0.0670. The van der Waals surface area contributed by atoms with E-state index in [1.807, 2.05) is 30.5 Å². The van der Waals surface area contributed by atoms with Crippen LogP contribution in [-0.2, 0) is 4.79 Å². The van der Waals surface area contributed by atoms with Gasteiger partial charge in [-0.05, 0) is 29.3 Å². The maximum Gasteiger partial charge on any atom is 0.304 e. The third-order valence-corrected chi connectivity index (χ3v) is 3.25. The highest BCUT2D eigenvalue weighted by Crippen LogP contribution is 2.29. The summed E-state index contributed by atoms with van der Waals surface area (Å²) in [4.78, 5) is 21.2. The van der Waals surface area contributed by atoms with Crippen LogP contribution < -0.4 is 0 Å². The van der Waals surface area contributed by atoms with Gasteiger partial charge in [-0.1, -0.05) is 6.07 Å². The number of nitrogens with zero attached hydrogens (tertiary/aromatic N) is 1. The largest absolute Gasteiger partial charge is 0.481 e. The van der Waals surface area contributed by atoms with Crippen LogP contribution in [0.25, 0.3) is 11.0 Å². The molecule has 0 aliphatic rings. The molecule has 96 valence electrons. The molecule has 19 heavy (non-hydrogen) atoms. The van der Waals surface area contributed by atoms with Crippen LogP contribution in [0, 0.1) is 0 Å². The molecule has 3 N–H and O–H groups in total. The predicted molar refractivity (Wildman–Crippen MR) is 71.0 cm³/mol. The molecule has 1 unspecified atom stereocenters. The van der Waals surface area contributed by atoms with E-state index < -0.39 is 5.97 Å². The first-order valence-electron chi connectivity index (χ1n) is 6.01. The standard InChI is InChI=1S/C14H13N3O2/c18-14(19)6-11(10-3-4-15-7-10)9-1-2-12-13(5-9)17-8-16-12/h1-5,7-8,11,15H,6H2,(H,16,17)(H,18,19). The van der Waals surface area contributed by atoms with Crippen LogP contribution in [0.2, 0.25) is 0 Å². The molecule has 0 aliphatic heterocycles. The van der Waals surface area contributed by atoms with Crippen LogP contribution in [0.15, 0.2) is 43.0 Å². The lowest BCUT2D eigenvalue weighted by Crippen LogP contribution is -2.07. The second kappa shape index (κ2) is 4.61. The number of nitrogens with one attached hydrogen (secondary N) is 2. The summed E-state index contributed by atoms with van der Waals surface area (Å²) in [5, 5.41) is 9.09. The summed E-state index contributed by atoms with van der Waals surface area (Å²) >= 11 is 0. The van der Waals surface area contributed by atoms with Gasteiger partial charge in [-0.15, -0.1) is 0 Å². The van der Waals surface area contributed by atoms with Gasteiger partial charge < -0.3 is 15.1 Å². The fourth-order valence-corrected chi connectivity index (χ4v) is 2.33. The van der Waals surface area contributed by atoms with Gasteiger partial charge in [0.15, 0.2) is 0 Å². The Morgan fingerprint density at radius 1 is 1.32 bits per heavy atom. The number of carbonyl (C=O) groups is 1. The van der Waals surface area contributed by atoms with E-state index in [0.717, 1.165) is 22.2 Å². The lowest BCUT2D eigenvalue weighted by Gasteiger charge is -2.14. The number of carboxylic acid groups (broad SMARTS) is 1. The van der Waals surface area contributed by atoms with Crippen molar-refractivity contribution in [1.82, 2.24) is 15.0 Å². The van der Waals surface area contributed by atoms with Crippen LogP contribution >= 0.6 is 0 Å². The molecule has 3 rings (SSSR count). The molecule has 0 aliphatic carbocycles. The van der Waals surface area contributed by atoms with Crippen molar-refractivity contribution in [2.24, 2.45) is 0 Å². The molecule has 2 aromatic heterocycles. The summed E-state index contributed by atoms with van der Waals surface area (Å²) in [5.74, 6) is -0.965. The molecule has 0 saturated carbocycles. The van der Waals surface area contributed by atoms with Gasteiger partial charge in [0, 0.05) is 18.3 Å². The van der Waals surface area contributed by atoms with Crippen molar-refractivity contribution in [3.05, 3.63) is 54.1 Å². The number of rotatable bonds is 4. The number of fused-ring (bicyclic) bond motifs is 1. The normalized spacial score (nSPS) is 12.6. The molecule has 5 heteroatoms. The van der Waals surface area contributed by atoms with Crippen molar-refractivity contribution in [3.8, 4) is 0 Å². The maximum atomic E-state index is 11.1. The average Bonchev–Trinajstić information content (AvgIpc) is 3.06. The zero-order valence-corrected chi connectivity index (χ0v) is 10.1. The number of imidazole rings is 1. The third-order valence-electron chi connectivity index (χ3n) is 3.25. The van der Waals surface area contributed by atoms with Gasteiger partial charge in [-0.25, -0.2) is 4.98 Å². The molecular formula is C14H13N3O2. The number of benzene rings is 1. The lowest BCUT2D eigenvalue weighted by molar-refractivity contribution is -0.137. The Kier molecular flexibility index (Phi) is 2.79. The number of aromatic amines is 2. The first-order valence-corrected chi connectivity index (χ1v) is 6.01. The van der Waals surface area contributed by atoms with Gasteiger partial charge in [-0.2, -0.15) is 0 Å². The van der Waals surface area contributed by atoms with Gasteiger partial charge in [0.1, 0.15) is 0 Å². The van der Waals surface area contributed by atoms with E-state index in [1.54, 1.807) is 12.5 Å². The number of hydrogen-bond acceptors (Lipinski definition) is 2. The number of aliphatic carboxylic acids is 1. The third kappa shape index (κ3) is 2.22. The van der Waals surface area contributed by atoms with Crippen molar-refractivity contribution in [2.75, 3.05) is 0 Å². The van der Waals surface area contributed by atoms with E-state index in [2.05, 4.69) is 15.0 Å². The topological polar surface area (TPSA) is 81.8 Å². The highest BCUT2D eigenvalue weighted by atomic mass is 16.4. The Labute approximate surface area is 109 Å². The Balaban J connectivity index is 2.04. The summed E-state index contributed by atoms with van der Waals surface area (Å²) in [6, 6.07) is 7.71. The molecule has 1 aromatic carbocycles. The maximum absolute atomic E-state index is 11.1. The number of hydrogen-bond donors (Lipinski definition) is 3. The fraction of sp³-hybridized carbons (Fsp3) is 0.143. The molecule has 5 nitrogen and oxygen atoms in total. The molecule has 0 radical (unpaired) electrons. The summed E-state index contributed by atoms with van der Waals surface area (Å²) in [6.07, 6.45) is 5.35. The molecule has 1 atom stereocenters. The van der Waals surface area contributed by atoms with Crippen molar-refractivity contribution < 1.29 is 9.90 Å². The minimum atomic E-state index is -0.809. The van der Waals surface area contributed by atoms with E-state index in [0.29, 0.717) is 0 Å². The Bertz CT molecular complexity index is 700. The molecule has 3 aromatic rings. The zero-order chi connectivity index (χ0) is 13.2. The number of aromatic nitrogens is 3. The van der Waals surface area contributed by atoms with Gasteiger partial charge in [-0.3, -0.25) is 4.79 Å². The Morgan fingerprint density at radius 3 is 2.95 bits per heavy atom. The molecule has 2 heterocycles. The van der Waals surface area contributed by atoms with Crippen molar-refractivity contribution in [1.29, 1.82) is 0 Å². The summed E-state index contributed by atoms with van der Waals surface area (Å²) < 4.78 is 0. The molecule has 0 amide bonds. The predicted octanol–water partition coefficient (Wildman–Crippen LogP) is 2.50. The number of carboxylic acids is 1. The van der Waals surface area contributed by atoms with E-state index in [4.69, 9.17) is 5.11 Å². The quantitative estimate of drug-likeness (QED) is 0.670. The smallest absolute Gasteiger partial charge is 0.304 e. The molecule has 0 spiro atoms. The average molecular weight is 255 g/mol. The van der Waals surface area contributed by atoms with Gasteiger partial charge >= 0.3 is 5.97 Å². The van der Waals surface area contributed by atoms with Gasteiger partial charge in [0.05, 0.1) is 23.8 Å². The highest BCUT2D eigenvalue weighted by molar-refractivity contribution is 5.76. The molecule has 0 bridgehead atoms. The summed E-state index contributed by atoms with van der Waals surface area (Å²) in [6.45, 7) is 0. The zero-order valence-electron chi connectivity index (χ0n) is 10.1. The van der Waals surface area contributed by atoms with Crippen molar-refractivity contribution in [2.45, 2.75) is 12.3 Å². The van der Waals surface area contributed by atoms with Gasteiger partial charge in [0.2, 0.25) is 0 Å². The van der Waals surface area contributed by atoms with Crippen molar-refractivity contribution in [3.63, 3.8) is 0 Å². The lowest BCUT2D eigenvalue weighted by atomic mass is 9.90. The van der Waals surface area contributed by atoms with E-state index in [9.17, 15) is 4.79 Å². The van der Waals surface area contributed by atoms with Crippen LogP contribution in [-0.4, -0.2) is 26.0 Å². The van der Waals surface area contributed by atoms with E-state index in [-0.39, 0.29) is 12.3 Å². The monoisotopic (exact) mass is 255 g/mol. The Hall–Kier alpha value is -2.56. The number of H-pyrrole nitrogens is 2. The Morgan fingerprint density at radius 2 is 2.21 bits per heavy atom. The summed E-state index contributed by atoms with van der Waals surface area (Å²) in [7, 11) is 0. The first kappa shape index (κ1) is 11.5. The fourth-order valence-electron chi connectivity index (χ4n) is 2.33. The van der Waals surface area contributed by atoms with E-state index >= 15 is 0 Å². The first-order chi connectivity index (χ1) is 9.24. The van der Waals surface area contributed by atoms with Crippen molar-refractivity contribution >= 4 is 17.0 Å². The van der Waals surface area contributed by atoms with E-state index in [1.165, 1.54) is 0 Å². The molecule has 0 fully saturated rings. The van der Waals surface area contributed by atoms with Crippen LogP contribution in [0.1, 0.15) is 23.5 Å². The second-order valence-electron chi connectivity index (χ2n) is 4.47. The minimum Gasteiger partial charge on any atom is -0.481 e. The SMILES string of the molecule is O=C(O)CC(c1cc[nH]c1)c1ccc2nc[nH]c2c1. The van der Waals surface area contributed by atoms with Crippen LogP contribution in [0.4, 0.5) is 0 Å². The molecular weight excluding hydrogens is 242 g/mol. The van der Waals surface area contributed by atoms with Gasteiger partial charge in [0.25, 0.3) is 0 Å². The summed E-state index contributed by atoms with van der Waals surface area (Å²) in [5.41, 5.74) is 3.75. The highest BCUT2D eigenvalue weighted by Gasteiger charge is 2.18. The van der Waals surface area contributed by atoms with Crippen LogP contribution in [0.5, 0.6) is 0 Å². The second-order valence-corrected chi connectivity index (χ2v) is 4.47.